The van der Waals surface area contributed by atoms with Crippen molar-refractivity contribution in [2.75, 3.05) is 0 Å². The molecule has 1 aromatic carbocycles. The number of rotatable bonds is 2. The van der Waals surface area contributed by atoms with Crippen molar-refractivity contribution in [3.8, 4) is 0 Å². The van der Waals surface area contributed by atoms with Gasteiger partial charge in [-0.3, -0.25) is 4.98 Å². The van der Waals surface area contributed by atoms with Crippen molar-refractivity contribution in [1.29, 1.82) is 0 Å². The summed E-state index contributed by atoms with van der Waals surface area (Å²) in [7, 11) is 0. The molecule has 0 aliphatic heterocycles. The molecule has 6 heteroatoms. The largest absolute Gasteiger partial charge is 0.416 e. The van der Waals surface area contributed by atoms with E-state index < -0.39 is 17.1 Å². The summed E-state index contributed by atoms with van der Waals surface area (Å²) in [5.41, 5.74) is 0.470. The Kier molecular flexibility index (Phi) is 4.16. The molecule has 0 bridgehead atoms. The van der Waals surface area contributed by atoms with Gasteiger partial charge < -0.3 is 0 Å². The molecule has 1 heterocycles. The van der Waals surface area contributed by atoms with E-state index in [1.165, 1.54) is 12.1 Å². The first kappa shape index (κ1) is 14.3. The number of pyridine rings is 1. The zero-order valence-electron chi connectivity index (χ0n) is 9.46. The molecular weight excluding hydrogens is 343 g/mol. The summed E-state index contributed by atoms with van der Waals surface area (Å²) in [4.78, 5) is 4.12. The molecule has 0 fully saturated rings. The van der Waals surface area contributed by atoms with Crippen molar-refractivity contribution in [1.82, 2.24) is 4.98 Å². The lowest BCUT2D eigenvalue weighted by atomic mass is 10.1. The predicted octanol–water partition coefficient (Wildman–Crippen LogP) is 5.19. The molecule has 1 atom stereocenters. The van der Waals surface area contributed by atoms with Crippen LogP contribution in [-0.2, 0) is 6.18 Å². The first-order chi connectivity index (χ1) is 8.88. The second-order valence-corrected chi connectivity index (χ2v) is 5.24. The van der Waals surface area contributed by atoms with E-state index in [1.807, 2.05) is 0 Å². The van der Waals surface area contributed by atoms with Gasteiger partial charge in [-0.15, -0.1) is 11.6 Å². The fraction of sp³-hybridized carbons (Fsp3) is 0.154. The number of benzene rings is 1. The van der Waals surface area contributed by atoms with Crippen LogP contribution in [0, 0.1) is 0 Å². The van der Waals surface area contributed by atoms with Crippen LogP contribution in [0.5, 0.6) is 0 Å². The lowest BCUT2D eigenvalue weighted by Gasteiger charge is -2.11. The monoisotopic (exact) mass is 349 g/mol. The van der Waals surface area contributed by atoms with Gasteiger partial charge in [0.1, 0.15) is 5.38 Å². The summed E-state index contributed by atoms with van der Waals surface area (Å²) >= 11 is 9.44. The zero-order chi connectivity index (χ0) is 14.0. The third-order valence-electron chi connectivity index (χ3n) is 2.54. The quantitative estimate of drug-likeness (QED) is 0.679. The number of hydrogen-bond donors (Lipinski definition) is 0. The minimum Gasteiger partial charge on any atom is -0.258 e. The van der Waals surface area contributed by atoms with Crippen LogP contribution in [0.2, 0.25) is 0 Å². The van der Waals surface area contributed by atoms with Crippen molar-refractivity contribution >= 4 is 27.5 Å². The van der Waals surface area contributed by atoms with Gasteiger partial charge in [-0.25, -0.2) is 0 Å². The van der Waals surface area contributed by atoms with E-state index in [0.29, 0.717) is 11.3 Å². The number of aromatic nitrogens is 1. The minimum absolute atomic E-state index is 0.574. The third kappa shape index (κ3) is 3.48. The highest BCUT2D eigenvalue weighted by atomic mass is 79.9. The van der Waals surface area contributed by atoms with Crippen LogP contribution in [0.4, 0.5) is 13.2 Å². The van der Waals surface area contributed by atoms with Crippen molar-refractivity contribution < 1.29 is 13.2 Å². The molecule has 0 saturated heterocycles. The molecule has 0 N–H and O–H groups in total. The van der Waals surface area contributed by atoms with Gasteiger partial charge in [-0.05, 0) is 45.8 Å². The third-order valence-corrected chi connectivity index (χ3v) is 3.49. The van der Waals surface area contributed by atoms with Crippen LogP contribution in [-0.4, -0.2) is 4.98 Å². The molecule has 2 rings (SSSR count). The van der Waals surface area contributed by atoms with Gasteiger partial charge >= 0.3 is 6.18 Å². The molecular formula is C13H8BrClF3N. The maximum absolute atomic E-state index is 12.4. The smallest absolute Gasteiger partial charge is 0.258 e. The average Bonchev–Trinajstić information content (AvgIpc) is 2.38. The molecule has 0 aliphatic rings. The van der Waals surface area contributed by atoms with Crippen molar-refractivity contribution in [2.45, 2.75) is 11.6 Å². The van der Waals surface area contributed by atoms with Gasteiger partial charge in [0.05, 0.1) is 11.3 Å². The van der Waals surface area contributed by atoms with Crippen LogP contribution >= 0.6 is 27.5 Å². The SMILES string of the molecule is FC(F)(F)c1ccc(C(Cl)c2ccc(Br)cn2)cc1. The molecule has 0 aliphatic carbocycles. The summed E-state index contributed by atoms with van der Waals surface area (Å²) in [6.45, 7) is 0. The van der Waals surface area contributed by atoms with Crippen molar-refractivity contribution in [2.24, 2.45) is 0 Å². The van der Waals surface area contributed by atoms with Crippen molar-refractivity contribution in [3.63, 3.8) is 0 Å². The normalized spacial score (nSPS) is 13.3. The minimum atomic E-state index is -4.34. The topological polar surface area (TPSA) is 12.9 Å². The van der Waals surface area contributed by atoms with E-state index >= 15 is 0 Å². The molecule has 0 radical (unpaired) electrons. The molecule has 2 aromatic rings. The van der Waals surface area contributed by atoms with E-state index in [9.17, 15) is 13.2 Å². The van der Waals surface area contributed by atoms with Crippen LogP contribution in [0.25, 0.3) is 0 Å². The van der Waals surface area contributed by atoms with Crippen LogP contribution in [0.15, 0.2) is 47.1 Å². The van der Waals surface area contributed by atoms with Gasteiger partial charge in [-0.2, -0.15) is 13.2 Å². The molecule has 19 heavy (non-hydrogen) atoms. The molecule has 0 amide bonds. The molecule has 1 aromatic heterocycles. The standard InChI is InChI=1S/C13H8BrClF3N/c14-10-5-6-11(19-7-10)12(15)8-1-3-9(4-2-8)13(16,17)18/h1-7,12H. The fourth-order valence-corrected chi connectivity index (χ4v) is 2.06. The number of halogens is 5. The lowest BCUT2D eigenvalue weighted by Crippen LogP contribution is -2.05. The Morgan fingerprint density at radius 3 is 2.16 bits per heavy atom. The number of alkyl halides is 4. The first-order valence-electron chi connectivity index (χ1n) is 5.30. The van der Waals surface area contributed by atoms with Gasteiger partial charge in [0, 0.05) is 10.7 Å². The summed E-state index contributed by atoms with van der Waals surface area (Å²) in [5.74, 6) is 0. The summed E-state index contributed by atoms with van der Waals surface area (Å²) in [6, 6.07) is 8.27. The van der Waals surface area contributed by atoms with Gasteiger partial charge in [-0.1, -0.05) is 12.1 Å². The van der Waals surface area contributed by atoms with E-state index in [4.69, 9.17) is 11.6 Å². The van der Waals surface area contributed by atoms with Gasteiger partial charge in [0.2, 0.25) is 0 Å². The second-order valence-electron chi connectivity index (χ2n) is 3.88. The van der Waals surface area contributed by atoms with E-state index in [0.717, 1.165) is 16.6 Å². The molecule has 0 saturated carbocycles. The Hall–Kier alpha value is -1.07. The predicted molar refractivity (Wildman–Crippen MR) is 71.1 cm³/mol. The second kappa shape index (κ2) is 5.51. The Morgan fingerprint density at radius 1 is 1.05 bits per heavy atom. The molecule has 0 spiro atoms. The molecule has 1 unspecified atom stereocenters. The van der Waals surface area contributed by atoms with Crippen LogP contribution in [0.3, 0.4) is 0 Å². The Labute approximate surface area is 121 Å². The van der Waals surface area contributed by atoms with Crippen LogP contribution < -0.4 is 0 Å². The maximum atomic E-state index is 12.4. The summed E-state index contributed by atoms with van der Waals surface area (Å²) in [5, 5.41) is -0.574. The van der Waals surface area contributed by atoms with E-state index in [1.54, 1.807) is 18.3 Å². The number of nitrogens with zero attached hydrogens (tertiary/aromatic N) is 1. The van der Waals surface area contributed by atoms with Gasteiger partial charge in [0.25, 0.3) is 0 Å². The number of hydrogen-bond acceptors (Lipinski definition) is 1. The Bertz CT molecular complexity index is 552. The Morgan fingerprint density at radius 2 is 1.68 bits per heavy atom. The average molecular weight is 351 g/mol. The fourth-order valence-electron chi connectivity index (χ4n) is 1.55. The van der Waals surface area contributed by atoms with Gasteiger partial charge in [0.15, 0.2) is 0 Å². The molecule has 100 valence electrons. The lowest BCUT2D eigenvalue weighted by molar-refractivity contribution is -0.137. The van der Waals surface area contributed by atoms with E-state index in [-0.39, 0.29) is 0 Å². The van der Waals surface area contributed by atoms with Crippen molar-refractivity contribution in [3.05, 3.63) is 63.9 Å². The molecule has 1 nitrogen and oxygen atoms in total. The zero-order valence-corrected chi connectivity index (χ0v) is 11.8. The first-order valence-corrected chi connectivity index (χ1v) is 6.53. The highest BCUT2D eigenvalue weighted by Crippen LogP contribution is 2.32. The maximum Gasteiger partial charge on any atom is 0.416 e. The highest BCUT2D eigenvalue weighted by Gasteiger charge is 2.30. The Balaban J connectivity index is 2.25. The summed E-state index contributed by atoms with van der Waals surface area (Å²) in [6.07, 6.45) is -2.75. The van der Waals surface area contributed by atoms with E-state index in [2.05, 4.69) is 20.9 Å². The summed E-state index contributed by atoms with van der Waals surface area (Å²) < 4.78 is 38.1. The van der Waals surface area contributed by atoms with Crippen LogP contribution in [0.1, 0.15) is 22.2 Å². The highest BCUT2D eigenvalue weighted by molar-refractivity contribution is 9.10.